The molecule has 4 nitrogen and oxygen atoms in total. The Bertz CT molecular complexity index is 291. The zero-order valence-electron chi connectivity index (χ0n) is 9.33. The van der Waals surface area contributed by atoms with Crippen LogP contribution in [0.1, 0.15) is 33.6 Å². The number of terminal acetylenes is 1. The fraction of sp³-hybridized carbons (Fsp3) is 0.636. The predicted octanol–water partition coefficient (Wildman–Crippen LogP) is 1.82. The summed E-state index contributed by atoms with van der Waals surface area (Å²) in [6.45, 7) is 5.28. The van der Waals surface area contributed by atoms with Crippen molar-refractivity contribution in [3.05, 3.63) is 0 Å². The lowest BCUT2D eigenvalue weighted by Gasteiger charge is -2.20. The van der Waals surface area contributed by atoms with Crippen LogP contribution in [0.3, 0.4) is 0 Å². The smallest absolute Gasteiger partial charge is 0.408 e. The van der Waals surface area contributed by atoms with Crippen molar-refractivity contribution >= 4 is 6.09 Å². The minimum absolute atomic E-state index is 0.437. The number of nitrogens with one attached hydrogen (secondary N) is 1. The molecular weight excluding hydrogens is 192 g/mol. The Hall–Kier alpha value is -1.68. The largest absolute Gasteiger partial charge is 0.444 e. The molecule has 4 heteroatoms. The number of amides is 1. The molecule has 82 valence electrons. The van der Waals surface area contributed by atoms with Crippen molar-refractivity contribution < 1.29 is 9.53 Å². The highest BCUT2D eigenvalue weighted by Gasteiger charge is 2.18. The number of carbonyl (C=O) groups is 1. The summed E-state index contributed by atoms with van der Waals surface area (Å²) in [5.74, 6) is 2.41. The number of nitriles is 1. The minimum atomic E-state index is -0.592. The average Bonchev–Trinajstić information content (AvgIpc) is 2.09. The number of carbonyl (C=O) groups excluding carboxylic acids is 1. The standard InChI is InChI=1S/C11H16N2O2/c1-5-6-7-9(8-12)13-10(14)15-11(2,3)4/h1,9H,6-7H2,2-4H3,(H,13,14)/t9-/m0/s1. The van der Waals surface area contributed by atoms with Crippen LogP contribution in [-0.4, -0.2) is 17.7 Å². The number of hydrogen-bond acceptors (Lipinski definition) is 3. The van der Waals surface area contributed by atoms with Crippen molar-refractivity contribution in [1.29, 1.82) is 5.26 Å². The zero-order valence-corrected chi connectivity index (χ0v) is 9.33. The Morgan fingerprint density at radius 2 is 2.20 bits per heavy atom. The van der Waals surface area contributed by atoms with E-state index in [4.69, 9.17) is 16.4 Å². The lowest BCUT2D eigenvalue weighted by atomic mass is 10.2. The first kappa shape index (κ1) is 13.3. The molecule has 0 aliphatic heterocycles. The minimum Gasteiger partial charge on any atom is -0.444 e. The predicted molar refractivity (Wildman–Crippen MR) is 56.8 cm³/mol. The van der Waals surface area contributed by atoms with E-state index in [1.54, 1.807) is 20.8 Å². The molecule has 0 aliphatic rings. The molecule has 0 fully saturated rings. The van der Waals surface area contributed by atoms with E-state index in [1.807, 2.05) is 6.07 Å². The van der Waals surface area contributed by atoms with Gasteiger partial charge in [0.25, 0.3) is 0 Å². The molecule has 1 atom stereocenters. The van der Waals surface area contributed by atoms with Crippen LogP contribution in [0.5, 0.6) is 0 Å². The van der Waals surface area contributed by atoms with Crippen molar-refractivity contribution in [2.75, 3.05) is 0 Å². The summed E-state index contributed by atoms with van der Waals surface area (Å²) in [6, 6.07) is 1.36. The van der Waals surface area contributed by atoms with Gasteiger partial charge in [0.15, 0.2) is 0 Å². The topological polar surface area (TPSA) is 62.1 Å². The highest BCUT2D eigenvalue weighted by molar-refractivity contribution is 5.68. The van der Waals surface area contributed by atoms with E-state index >= 15 is 0 Å². The van der Waals surface area contributed by atoms with Crippen LogP contribution < -0.4 is 5.32 Å². The molecule has 0 aromatic carbocycles. The molecule has 15 heavy (non-hydrogen) atoms. The second-order valence-electron chi connectivity index (χ2n) is 4.07. The highest BCUT2D eigenvalue weighted by Crippen LogP contribution is 2.07. The molecule has 1 N–H and O–H groups in total. The van der Waals surface area contributed by atoms with Gasteiger partial charge in [-0.15, -0.1) is 12.3 Å². The Kier molecular flexibility index (Phi) is 5.26. The second kappa shape index (κ2) is 5.93. The second-order valence-corrected chi connectivity index (χ2v) is 4.07. The van der Waals surface area contributed by atoms with Gasteiger partial charge >= 0.3 is 6.09 Å². The molecule has 0 aromatic rings. The van der Waals surface area contributed by atoms with E-state index in [0.29, 0.717) is 12.8 Å². The van der Waals surface area contributed by atoms with Gasteiger partial charge in [0.2, 0.25) is 0 Å². The zero-order chi connectivity index (χ0) is 11.9. The third kappa shape index (κ3) is 7.40. The molecule has 0 unspecified atom stereocenters. The van der Waals surface area contributed by atoms with E-state index in [2.05, 4.69) is 11.2 Å². The molecule has 0 radical (unpaired) electrons. The normalized spacial score (nSPS) is 12.1. The van der Waals surface area contributed by atoms with E-state index in [-0.39, 0.29) is 0 Å². The van der Waals surface area contributed by atoms with Crippen molar-refractivity contribution in [2.24, 2.45) is 0 Å². The van der Waals surface area contributed by atoms with Crippen molar-refractivity contribution in [3.63, 3.8) is 0 Å². The van der Waals surface area contributed by atoms with Gasteiger partial charge in [-0.2, -0.15) is 5.26 Å². The van der Waals surface area contributed by atoms with Gasteiger partial charge in [-0.25, -0.2) is 4.79 Å². The summed E-state index contributed by atoms with van der Waals surface area (Å²) in [5, 5.41) is 11.2. The molecular formula is C11H16N2O2. The summed E-state index contributed by atoms with van der Waals surface area (Å²) < 4.78 is 5.00. The van der Waals surface area contributed by atoms with Crippen LogP contribution in [0.15, 0.2) is 0 Å². The maximum Gasteiger partial charge on any atom is 0.408 e. The number of hydrogen-bond donors (Lipinski definition) is 1. The van der Waals surface area contributed by atoms with Gasteiger partial charge in [0.1, 0.15) is 11.6 Å². The molecule has 0 rings (SSSR count). The van der Waals surface area contributed by atoms with Crippen LogP contribution in [-0.2, 0) is 4.74 Å². The van der Waals surface area contributed by atoms with Gasteiger partial charge in [-0.3, -0.25) is 0 Å². The van der Waals surface area contributed by atoms with Crippen molar-refractivity contribution in [2.45, 2.75) is 45.3 Å². The SMILES string of the molecule is C#CCC[C@@H](C#N)NC(=O)OC(C)(C)C. The van der Waals surface area contributed by atoms with Crippen LogP contribution in [0.4, 0.5) is 4.79 Å². The van der Waals surface area contributed by atoms with Gasteiger partial charge < -0.3 is 10.1 Å². The van der Waals surface area contributed by atoms with Crippen LogP contribution in [0.25, 0.3) is 0 Å². The fourth-order valence-corrected chi connectivity index (χ4v) is 0.846. The maximum absolute atomic E-state index is 11.3. The Balaban J connectivity index is 4.05. The highest BCUT2D eigenvalue weighted by atomic mass is 16.6. The summed E-state index contributed by atoms with van der Waals surface area (Å²) in [5.41, 5.74) is -0.559. The number of alkyl carbamates (subject to hydrolysis) is 1. The first-order valence-corrected chi connectivity index (χ1v) is 4.71. The fourth-order valence-electron chi connectivity index (χ4n) is 0.846. The van der Waals surface area contributed by atoms with Crippen molar-refractivity contribution in [3.8, 4) is 18.4 Å². The molecule has 0 aliphatic carbocycles. The molecule has 0 bridgehead atoms. The van der Waals surface area contributed by atoms with Crippen LogP contribution in [0, 0.1) is 23.7 Å². The van der Waals surface area contributed by atoms with E-state index in [0.717, 1.165) is 0 Å². The first-order chi connectivity index (χ1) is 6.89. The summed E-state index contributed by atoms with van der Waals surface area (Å²) in [7, 11) is 0. The Morgan fingerprint density at radius 1 is 1.60 bits per heavy atom. The lowest BCUT2D eigenvalue weighted by molar-refractivity contribution is 0.0514. The summed E-state index contributed by atoms with van der Waals surface area (Å²) in [6.07, 6.45) is 5.36. The number of nitrogens with zero attached hydrogens (tertiary/aromatic N) is 1. The van der Waals surface area contributed by atoms with Gasteiger partial charge in [-0.05, 0) is 27.2 Å². The Morgan fingerprint density at radius 3 is 2.60 bits per heavy atom. The molecule has 0 saturated carbocycles. The number of ether oxygens (including phenoxy) is 1. The van der Waals surface area contributed by atoms with Gasteiger partial charge in [-0.1, -0.05) is 0 Å². The maximum atomic E-state index is 11.3. The molecule has 0 heterocycles. The van der Waals surface area contributed by atoms with Crippen molar-refractivity contribution in [1.82, 2.24) is 5.32 Å². The monoisotopic (exact) mass is 208 g/mol. The van der Waals surface area contributed by atoms with Gasteiger partial charge in [0.05, 0.1) is 6.07 Å². The van der Waals surface area contributed by atoms with E-state index in [1.165, 1.54) is 0 Å². The van der Waals surface area contributed by atoms with Crippen LogP contribution >= 0.6 is 0 Å². The lowest BCUT2D eigenvalue weighted by Crippen LogP contribution is -2.38. The molecule has 0 aromatic heterocycles. The summed E-state index contributed by atoms with van der Waals surface area (Å²) >= 11 is 0. The number of rotatable bonds is 3. The molecule has 1 amide bonds. The van der Waals surface area contributed by atoms with E-state index < -0.39 is 17.7 Å². The third-order valence-corrected chi connectivity index (χ3v) is 1.42. The van der Waals surface area contributed by atoms with Gasteiger partial charge in [0, 0.05) is 6.42 Å². The first-order valence-electron chi connectivity index (χ1n) is 4.71. The average molecular weight is 208 g/mol. The van der Waals surface area contributed by atoms with E-state index in [9.17, 15) is 4.79 Å². The molecule has 0 saturated heterocycles. The van der Waals surface area contributed by atoms with Crippen LogP contribution in [0.2, 0.25) is 0 Å². The Labute approximate surface area is 90.6 Å². The summed E-state index contributed by atoms with van der Waals surface area (Å²) in [4.78, 5) is 11.3. The molecule has 0 spiro atoms. The quantitative estimate of drug-likeness (QED) is 0.719. The third-order valence-electron chi connectivity index (χ3n) is 1.42.